The van der Waals surface area contributed by atoms with Crippen LogP contribution in [-0.4, -0.2) is 0 Å². The summed E-state index contributed by atoms with van der Waals surface area (Å²) in [5.74, 6) is 4.66. The third-order valence-corrected chi connectivity index (χ3v) is 3.70. The van der Waals surface area contributed by atoms with E-state index < -0.39 is 17.7 Å². The molecule has 2 aromatic carbocycles. The van der Waals surface area contributed by atoms with Gasteiger partial charge in [-0.05, 0) is 42.3 Å². The Kier molecular flexibility index (Phi) is 5.10. The van der Waals surface area contributed by atoms with E-state index in [-0.39, 0.29) is 6.42 Å². The average Bonchev–Trinajstić information content (AvgIpc) is 2.40. The highest BCUT2D eigenvalue weighted by molar-refractivity contribution is 9.10. The van der Waals surface area contributed by atoms with Gasteiger partial charge in [0.15, 0.2) is 0 Å². The minimum Gasteiger partial charge on any atom is -0.271 e. The quantitative estimate of drug-likeness (QED) is 0.635. The highest BCUT2D eigenvalue weighted by atomic mass is 79.9. The summed E-state index contributed by atoms with van der Waals surface area (Å²) < 4.78 is 28.3. The van der Waals surface area contributed by atoms with Crippen LogP contribution in [0.5, 0.6) is 0 Å². The summed E-state index contributed by atoms with van der Waals surface area (Å²) in [6.45, 7) is 0. The Morgan fingerprint density at radius 3 is 2.55 bits per heavy atom. The molecule has 0 aliphatic carbocycles. The third kappa shape index (κ3) is 3.55. The molecule has 0 aliphatic heterocycles. The molecule has 1 unspecified atom stereocenters. The van der Waals surface area contributed by atoms with Crippen molar-refractivity contribution in [2.45, 2.75) is 12.5 Å². The Morgan fingerprint density at radius 1 is 1.15 bits per heavy atom. The molecule has 106 valence electrons. The van der Waals surface area contributed by atoms with Gasteiger partial charge in [-0.15, -0.1) is 0 Å². The van der Waals surface area contributed by atoms with Crippen molar-refractivity contribution in [2.24, 2.45) is 5.84 Å². The van der Waals surface area contributed by atoms with Crippen LogP contribution in [0.15, 0.2) is 40.9 Å². The molecule has 3 N–H and O–H groups in total. The fourth-order valence-electron chi connectivity index (χ4n) is 1.96. The lowest BCUT2D eigenvalue weighted by Crippen LogP contribution is -2.30. The number of rotatable bonds is 4. The van der Waals surface area contributed by atoms with Crippen molar-refractivity contribution >= 4 is 27.5 Å². The molecule has 0 saturated heterocycles. The summed E-state index contributed by atoms with van der Waals surface area (Å²) in [5, 5.41) is 0.424. The van der Waals surface area contributed by atoms with Crippen LogP contribution in [0.4, 0.5) is 8.78 Å². The van der Waals surface area contributed by atoms with Gasteiger partial charge in [0.25, 0.3) is 0 Å². The topological polar surface area (TPSA) is 38.0 Å². The zero-order valence-corrected chi connectivity index (χ0v) is 12.7. The zero-order valence-electron chi connectivity index (χ0n) is 10.3. The molecular weight excluding hydrogens is 350 g/mol. The molecule has 0 saturated carbocycles. The number of hydrazine groups is 1. The van der Waals surface area contributed by atoms with Crippen molar-refractivity contribution in [3.05, 3.63) is 68.7 Å². The molecular formula is C14H12BrClF2N2. The van der Waals surface area contributed by atoms with Crippen LogP contribution in [0.25, 0.3) is 0 Å². The second-order valence-electron chi connectivity index (χ2n) is 4.32. The minimum absolute atomic E-state index is 0.196. The molecule has 0 heterocycles. The molecule has 0 fully saturated rings. The number of hydrogen-bond acceptors (Lipinski definition) is 2. The summed E-state index contributed by atoms with van der Waals surface area (Å²) in [6.07, 6.45) is 0.196. The van der Waals surface area contributed by atoms with Gasteiger partial charge in [-0.3, -0.25) is 11.3 Å². The van der Waals surface area contributed by atoms with E-state index in [0.717, 1.165) is 0 Å². The second kappa shape index (κ2) is 6.63. The monoisotopic (exact) mass is 360 g/mol. The number of halogens is 4. The Morgan fingerprint density at radius 2 is 1.90 bits per heavy atom. The van der Waals surface area contributed by atoms with Crippen molar-refractivity contribution in [2.75, 3.05) is 0 Å². The lowest BCUT2D eigenvalue weighted by atomic mass is 9.98. The first-order valence-corrected chi connectivity index (χ1v) is 7.03. The molecule has 6 heteroatoms. The van der Waals surface area contributed by atoms with Crippen LogP contribution < -0.4 is 11.3 Å². The number of benzene rings is 2. The molecule has 2 rings (SSSR count). The SMILES string of the molecule is NNC(Cc1cc(Cl)ccc1F)c1ccc(Br)cc1F. The molecule has 0 aliphatic rings. The summed E-state index contributed by atoms with van der Waals surface area (Å²) in [6, 6.07) is 8.36. The predicted molar refractivity (Wildman–Crippen MR) is 79.3 cm³/mol. The molecule has 0 radical (unpaired) electrons. The van der Waals surface area contributed by atoms with E-state index in [9.17, 15) is 8.78 Å². The van der Waals surface area contributed by atoms with Gasteiger partial charge in [0.2, 0.25) is 0 Å². The highest BCUT2D eigenvalue weighted by Gasteiger charge is 2.17. The van der Waals surface area contributed by atoms with Crippen LogP contribution in [0, 0.1) is 11.6 Å². The normalized spacial score (nSPS) is 12.4. The van der Waals surface area contributed by atoms with Gasteiger partial charge in [-0.1, -0.05) is 33.6 Å². The Labute approximate surface area is 129 Å². The van der Waals surface area contributed by atoms with Crippen LogP contribution in [0.2, 0.25) is 5.02 Å². The first kappa shape index (κ1) is 15.4. The second-order valence-corrected chi connectivity index (χ2v) is 5.68. The Bertz CT molecular complexity index is 622. The lowest BCUT2D eigenvalue weighted by Gasteiger charge is -2.18. The van der Waals surface area contributed by atoms with E-state index >= 15 is 0 Å². The molecule has 0 aromatic heterocycles. The van der Waals surface area contributed by atoms with E-state index in [0.29, 0.717) is 20.6 Å². The largest absolute Gasteiger partial charge is 0.271 e. The van der Waals surface area contributed by atoms with E-state index in [1.165, 1.54) is 24.3 Å². The smallest absolute Gasteiger partial charge is 0.129 e. The van der Waals surface area contributed by atoms with Crippen LogP contribution in [-0.2, 0) is 6.42 Å². The van der Waals surface area contributed by atoms with Gasteiger partial charge in [0, 0.05) is 15.1 Å². The van der Waals surface area contributed by atoms with Crippen molar-refractivity contribution in [1.82, 2.24) is 5.43 Å². The Balaban J connectivity index is 2.31. The maximum atomic E-state index is 13.9. The van der Waals surface area contributed by atoms with Gasteiger partial charge in [-0.25, -0.2) is 8.78 Å². The van der Waals surface area contributed by atoms with Gasteiger partial charge in [0.1, 0.15) is 11.6 Å². The minimum atomic E-state index is -0.545. The van der Waals surface area contributed by atoms with Crippen molar-refractivity contribution in [1.29, 1.82) is 0 Å². The predicted octanol–water partition coefficient (Wildman–Crippen LogP) is 4.13. The average molecular weight is 362 g/mol. The molecule has 1 atom stereocenters. The van der Waals surface area contributed by atoms with E-state index in [2.05, 4.69) is 21.4 Å². The zero-order chi connectivity index (χ0) is 14.7. The molecule has 0 amide bonds. The Hall–Kier alpha value is -1.01. The fraction of sp³-hybridized carbons (Fsp3) is 0.143. The van der Waals surface area contributed by atoms with Crippen molar-refractivity contribution < 1.29 is 8.78 Å². The summed E-state index contributed by atoms with van der Waals surface area (Å²) in [4.78, 5) is 0. The van der Waals surface area contributed by atoms with E-state index in [4.69, 9.17) is 17.4 Å². The van der Waals surface area contributed by atoms with Gasteiger partial charge in [0.05, 0.1) is 6.04 Å². The van der Waals surface area contributed by atoms with E-state index in [1.807, 2.05) is 0 Å². The fourth-order valence-corrected chi connectivity index (χ4v) is 2.49. The third-order valence-electron chi connectivity index (χ3n) is 2.97. The summed E-state index contributed by atoms with van der Waals surface area (Å²) in [7, 11) is 0. The number of hydrogen-bond donors (Lipinski definition) is 2. The van der Waals surface area contributed by atoms with Gasteiger partial charge < -0.3 is 0 Å². The van der Waals surface area contributed by atoms with Crippen molar-refractivity contribution in [3.8, 4) is 0 Å². The molecule has 2 aromatic rings. The first-order chi connectivity index (χ1) is 9.51. The van der Waals surface area contributed by atoms with Crippen molar-refractivity contribution in [3.63, 3.8) is 0 Å². The maximum Gasteiger partial charge on any atom is 0.129 e. The standard InChI is InChI=1S/C14H12BrClF2N2/c15-9-1-3-11(13(18)7-9)14(20-19)6-8-5-10(16)2-4-12(8)17/h1-5,7,14,20H,6,19H2. The number of nitrogens with two attached hydrogens (primary N) is 1. The molecule has 20 heavy (non-hydrogen) atoms. The molecule has 0 spiro atoms. The molecule has 0 bridgehead atoms. The lowest BCUT2D eigenvalue weighted by molar-refractivity contribution is 0.498. The summed E-state index contributed by atoms with van der Waals surface area (Å²) in [5.41, 5.74) is 3.26. The van der Waals surface area contributed by atoms with Crippen LogP contribution in [0.1, 0.15) is 17.2 Å². The van der Waals surface area contributed by atoms with Gasteiger partial charge >= 0.3 is 0 Å². The van der Waals surface area contributed by atoms with Crippen LogP contribution in [0.3, 0.4) is 0 Å². The maximum absolute atomic E-state index is 13.9. The molecule has 2 nitrogen and oxygen atoms in total. The number of nitrogens with one attached hydrogen (secondary N) is 1. The van der Waals surface area contributed by atoms with E-state index in [1.54, 1.807) is 12.1 Å². The van der Waals surface area contributed by atoms with Crippen LogP contribution >= 0.6 is 27.5 Å². The highest BCUT2D eigenvalue weighted by Crippen LogP contribution is 2.25. The van der Waals surface area contributed by atoms with Gasteiger partial charge in [-0.2, -0.15) is 0 Å². The summed E-state index contributed by atoms with van der Waals surface area (Å²) >= 11 is 9.03. The first-order valence-electron chi connectivity index (χ1n) is 5.86.